The fourth-order valence-electron chi connectivity index (χ4n) is 3.60. The van der Waals surface area contributed by atoms with Crippen LogP contribution in [0.5, 0.6) is 0 Å². The van der Waals surface area contributed by atoms with Crippen molar-refractivity contribution in [2.75, 3.05) is 39.8 Å². The minimum Gasteiger partial charge on any atom is -0.390 e. The Hall–Kier alpha value is -1.50. The second-order valence-electron chi connectivity index (χ2n) is 6.71. The normalized spacial score (nSPS) is 25.4. The Labute approximate surface area is 137 Å². The maximum atomic E-state index is 12.5. The zero-order chi connectivity index (χ0) is 16.2. The van der Waals surface area contributed by atoms with Crippen LogP contribution in [0.4, 0.5) is 0 Å². The van der Waals surface area contributed by atoms with Crippen molar-refractivity contribution in [2.24, 2.45) is 0 Å². The Balaban J connectivity index is 1.50. The molecule has 0 saturated carbocycles. The number of amides is 1. The molecule has 2 aliphatic heterocycles. The monoisotopic (exact) mass is 318 g/mol. The van der Waals surface area contributed by atoms with E-state index in [1.54, 1.807) is 6.20 Å². The summed E-state index contributed by atoms with van der Waals surface area (Å²) in [7, 11) is 1.94. The van der Waals surface area contributed by atoms with E-state index in [4.69, 9.17) is 0 Å². The molecule has 1 aromatic rings. The number of aromatic nitrogens is 1. The maximum Gasteiger partial charge on any atom is 0.236 e. The zero-order valence-electron chi connectivity index (χ0n) is 13.8. The van der Waals surface area contributed by atoms with E-state index in [1.807, 2.05) is 35.2 Å². The van der Waals surface area contributed by atoms with Crippen LogP contribution in [-0.2, 0) is 11.3 Å². The third-order valence-corrected chi connectivity index (χ3v) is 4.80. The number of carbonyl (C=O) groups excluding carboxylic acids is 1. The molecule has 0 aliphatic carbocycles. The molecule has 1 aromatic heterocycles. The van der Waals surface area contributed by atoms with Gasteiger partial charge in [-0.1, -0.05) is 6.07 Å². The number of nitrogens with zero attached hydrogens (tertiary/aromatic N) is 4. The molecule has 1 N–H and O–H groups in total. The van der Waals surface area contributed by atoms with Gasteiger partial charge >= 0.3 is 0 Å². The molecule has 0 bridgehead atoms. The molecule has 3 rings (SSSR count). The van der Waals surface area contributed by atoms with E-state index in [0.717, 1.165) is 18.7 Å². The van der Waals surface area contributed by atoms with Crippen molar-refractivity contribution in [3.05, 3.63) is 30.1 Å². The highest BCUT2D eigenvalue weighted by molar-refractivity contribution is 5.78. The highest BCUT2D eigenvalue weighted by Crippen LogP contribution is 2.21. The second-order valence-corrected chi connectivity index (χ2v) is 6.71. The number of likely N-dealkylation sites (tertiary alicyclic amines) is 2. The van der Waals surface area contributed by atoms with Crippen molar-refractivity contribution in [3.8, 4) is 0 Å². The molecule has 2 fully saturated rings. The van der Waals surface area contributed by atoms with Crippen LogP contribution < -0.4 is 0 Å². The van der Waals surface area contributed by atoms with E-state index < -0.39 is 6.10 Å². The van der Waals surface area contributed by atoms with Crippen LogP contribution in [-0.4, -0.2) is 82.6 Å². The van der Waals surface area contributed by atoms with Gasteiger partial charge in [0.15, 0.2) is 0 Å². The van der Waals surface area contributed by atoms with E-state index in [1.165, 1.54) is 12.8 Å². The van der Waals surface area contributed by atoms with Crippen molar-refractivity contribution in [1.29, 1.82) is 0 Å². The Morgan fingerprint density at radius 3 is 2.87 bits per heavy atom. The summed E-state index contributed by atoms with van der Waals surface area (Å²) in [5, 5.41) is 10.3. The first-order valence-corrected chi connectivity index (χ1v) is 8.41. The molecular formula is C17H26N4O2. The number of likely N-dealkylation sites (N-methyl/N-ethyl adjacent to an activating group) is 1. The highest BCUT2D eigenvalue weighted by Gasteiger charge is 2.38. The van der Waals surface area contributed by atoms with Crippen LogP contribution in [0, 0.1) is 0 Å². The summed E-state index contributed by atoms with van der Waals surface area (Å²) in [6, 6.07) is 4.03. The summed E-state index contributed by atoms with van der Waals surface area (Å²) in [5.41, 5.74) is 1.10. The van der Waals surface area contributed by atoms with Gasteiger partial charge in [0.2, 0.25) is 5.91 Å². The average molecular weight is 318 g/mol. The number of aliphatic hydroxyl groups excluding tert-OH is 1. The van der Waals surface area contributed by atoms with Crippen LogP contribution >= 0.6 is 0 Å². The topological polar surface area (TPSA) is 59.9 Å². The van der Waals surface area contributed by atoms with Gasteiger partial charge in [0, 0.05) is 32.0 Å². The lowest BCUT2D eigenvalue weighted by molar-refractivity contribution is -0.131. The summed E-state index contributed by atoms with van der Waals surface area (Å²) in [6.07, 6.45) is 5.55. The molecule has 6 heteroatoms. The molecule has 0 radical (unpaired) electrons. The number of rotatable bonds is 5. The van der Waals surface area contributed by atoms with Gasteiger partial charge in [-0.2, -0.15) is 0 Å². The molecule has 0 aromatic carbocycles. The molecule has 3 heterocycles. The fourth-order valence-corrected chi connectivity index (χ4v) is 3.60. The van der Waals surface area contributed by atoms with Gasteiger partial charge in [-0.25, -0.2) is 0 Å². The Morgan fingerprint density at radius 1 is 1.39 bits per heavy atom. The lowest BCUT2D eigenvalue weighted by atomic mass is 10.2. The largest absolute Gasteiger partial charge is 0.390 e. The molecule has 2 atom stereocenters. The fraction of sp³-hybridized carbons (Fsp3) is 0.647. The first kappa shape index (κ1) is 16.4. The first-order chi connectivity index (χ1) is 11.1. The number of aliphatic hydroxyl groups is 1. The van der Waals surface area contributed by atoms with Gasteiger partial charge in [0.25, 0.3) is 0 Å². The number of hydrogen-bond donors (Lipinski definition) is 1. The van der Waals surface area contributed by atoms with E-state index in [-0.39, 0.29) is 11.9 Å². The lowest BCUT2D eigenvalue weighted by Crippen LogP contribution is -2.42. The van der Waals surface area contributed by atoms with Crippen molar-refractivity contribution in [2.45, 2.75) is 31.5 Å². The first-order valence-electron chi connectivity index (χ1n) is 8.41. The summed E-state index contributed by atoms with van der Waals surface area (Å²) in [6.45, 7) is 4.27. The number of β-amino-alcohol motifs (C(OH)–C–C–N with tert-alkyl or cyclic N) is 1. The maximum absolute atomic E-state index is 12.5. The van der Waals surface area contributed by atoms with Crippen molar-refractivity contribution >= 4 is 5.91 Å². The van der Waals surface area contributed by atoms with Crippen molar-refractivity contribution < 1.29 is 9.90 Å². The molecule has 2 saturated heterocycles. The minimum absolute atomic E-state index is 0.0946. The van der Waals surface area contributed by atoms with E-state index in [9.17, 15) is 9.90 Å². The van der Waals surface area contributed by atoms with Gasteiger partial charge in [-0.05, 0) is 44.6 Å². The molecule has 1 amide bonds. The van der Waals surface area contributed by atoms with Crippen LogP contribution in [0.3, 0.4) is 0 Å². The smallest absolute Gasteiger partial charge is 0.236 e. The average Bonchev–Trinajstić information content (AvgIpc) is 3.17. The lowest BCUT2D eigenvalue weighted by Gasteiger charge is -2.25. The van der Waals surface area contributed by atoms with Crippen LogP contribution in [0.2, 0.25) is 0 Å². The Bertz CT molecular complexity index is 519. The van der Waals surface area contributed by atoms with Gasteiger partial charge in [0.05, 0.1) is 18.7 Å². The van der Waals surface area contributed by atoms with Crippen molar-refractivity contribution in [1.82, 2.24) is 19.7 Å². The van der Waals surface area contributed by atoms with Crippen LogP contribution in [0.15, 0.2) is 24.5 Å². The third-order valence-electron chi connectivity index (χ3n) is 4.80. The predicted octanol–water partition coefficient (Wildman–Crippen LogP) is 0.181. The zero-order valence-corrected chi connectivity index (χ0v) is 13.8. The summed E-state index contributed by atoms with van der Waals surface area (Å²) >= 11 is 0. The summed E-state index contributed by atoms with van der Waals surface area (Å²) in [4.78, 5) is 22.7. The standard InChI is InChI=1S/C17H26N4O2/c1-19(10-14-5-4-6-18-9-14)13-17(23)21-11-15(16(22)12-21)20-7-2-3-8-20/h4-6,9,15-16,22H,2-3,7-8,10-13H2,1H3/t15-,16-/m1/s1. The minimum atomic E-state index is -0.416. The third kappa shape index (κ3) is 4.07. The molecule has 2 aliphatic rings. The quantitative estimate of drug-likeness (QED) is 0.839. The highest BCUT2D eigenvalue weighted by atomic mass is 16.3. The SMILES string of the molecule is CN(CC(=O)N1C[C@@H](O)[C@H](N2CCCC2)C1)Cc1cccnc1. The van der Waals surface area contributed by atoms with E-state index in [0.29, 0.717) is 26.2 Å². The van der Waals surface area contributed by atoms with E-state index in [2.05, 4.69) is 9.88 Å². The van der Waals surface area contributed by atoms with Gasteiger partial charge < -0.3 is 10.0 Å². The van der Waals surface area contributed by atoms with E-state index >= 15 is 0 Å². The number of pyridine rings is 1. The van der Waals surface area contributed by atoms with Gasteiger partial charge in [-0.15, -0.1) is 0 Å². The van der Waals surface area contributed by atoms with Crippen LogP contribution in [0.25, 0.3) is 0 Å². The number of carbonyl (C=O) groups is 1. The Kier molecular flexibility index (Phi) is 5.25. The predicted molar refractivity (Wildman–Crippen MR) is 87.8 cm³/mol. The molecule has 6 nitrogen and oxygen atoms in total. The van der Waals surface area contributed by atoms with Gasteiger partial charge in [-0.3, -0.25) is 19.6 Å². The molecular weight excluding hydrogens is 292 g/mol. The van der Waals surface area contributed by atoms with Gasteiger partial charge in [0.1, 0.15) is 0 Å². The summed E-state index contributed by atoms with van der Waals surface area (Å²) < 4.78 is 0. The van der Waals surface area contributed by atoms with Crippen LogP contribution in [0.1, 0.15) is 18.4 Å². The summed E-state index contributed by atoms with van der Waals surface area (Å²) in [5.74, 6) is 0.0946. The molecule has 23 heavy (non-hydrogen) atoms. The van der Waals surface area contributed by atoms with Crippen molar-refractivity contribution in [3.63, 3.8) is 0 Å². The second kappa shape index (κ2) is 7.38. The molecule has 0 unspecified atom stereocenters. The molecule has 0 spiro atoms. The molecule has 126 valence electrons. The Morgan fingerprint density at radius 2 is 2.17 bits per heavy atom. The number of hydrogen-bond acceptors (Lipinski definition) is 5.